The normalized spacial score (nSPS) is 12.6. The van der Waals surface area contributed by atoms with Crippen LogP contribution in [0.2, 0.25) is 0 Å². The molecule has 0 saturated carbocycles. The van der Waals surface area contributed by atoms with E-state index >= 15 is 0 Å². The van der Waals surface area contributed by atoms with E-state index in [0.29, 0.717) is 11.5 Å². The van der Waals surface area contributed by atoms with Crippen LogP contribution in [-0.2, 0) is 0 Å². The molecular formula is C14H20N4O2. The SMILES string of the molecule is CCCNC(CC)c1nnc(-c2c[nH]c(C)cc2=O)o1. The fraction of sp³-hybridized carbons (Fsp3) is 0.500. The van der Waals surface area contributed by atoms with E-state index in [0.717, 1.165) is 25.1 Å². The summed E-state index contributed by atoms with van der Waals surface area (Å²) in [4.78, 5) is 14.9. The summed E-state index contributed by atoms with van der Waals surface area (Å²) in [5, 5.41) is 11.4. The predicted octanol–water partition coefficient (Wildman–Crippen LogP) is 2.18. The summed E-state index contributed by atoms with van der Waals surface area (Å²) in [5.74, 6) is 0.786. The number of aromatic nitrogens is 3. The lowest BCUT2D eigenvalue weighted by Gasteiger charge is -2.11. The summed E-state index contributed by atoms with van der Waals surface area (Å²) in [6, 6.07) is 1.55. The second-order valence-electron chi connectivity index (χ2n) is 4.75. The first kappa shape index (κ1) is 14.5. The van der Waals surface area contributed by atoms with Crippen LogP contribution in [0, 0.1) is 6.92 Å². The number of H-pyrrole nitrogens is 1. The minimum Gasteiger partial charge on any atom is -0.419 e. The molecule has 0 fully saturated rings. The Morgan fingerprint density at radius 1 is 1.40 bits per heavy atom. The van der Waals surface area contributed by atoms with E-state index in [9.17, 15) is 4.79 Å². The first-order chi connectivity index (χ1) is 9.65. The lowest BCUT2D eigenvalue weighted by Crippen LogP contribution is -2.21. The van der Waals surface area contributed by atoms with Gasteiger partial charge in [0.05, 0.1) is 6.04 Å². The zero-order valence-electron chi connectivity index (χ0n) is 12.1. The highest BCUT2D eigenvalue weighted by molar-refractivity contribution is 5.50. The van der Waals surface area contributed by atoms with Crippen LogP contribution in [0.5, 0.6) is 0 Å². The van der Waals surface area contributed by atoms with Gasteiger partial charge in [0, 0.05) is 18.0 Å². The molecule has 2 heterocycles. The Morgan fingerprint density at radius 2 is 2.20 bits per heavy atom. The largest absolute Gasteiger partial charge is 0.419 e. The van der Waals surface area contributed by atoms with E-state index in [2.05, 4.69) is 34.3 Å². The molecule has 1 atom stereocenters. The van der Waals surface area contributed by atoms with Crippen molar-refractivity contribution >= 4 is 0 Å². The maximum Gasteiger partial charge on any atom is 0.253 e. The molecule has 0 aromatic carbocycles. The summed E-state index contributed by atoms with van der Waals surface area (Å²) >= 11 is 0. The van der Waals surface area contributed by atoms with Gasteiger partial charge in [-0.05, 0) is 26.3 Å². The van der Waals surface area contributed by atoms with Crippen molar-refractivity contribution in [2.75, 3.05) is 6.54 Å². The number of nitrogens with zero attached hydrogens (tertiary/aromatic N) is 2. The molecule has 6 heteroatoms. The van der Waals surface area contributed by atoms with Gasteiger partial charge in [-0.2, -0.15) is 0 Å². The fourth-order valence-electron chi connectivity index (χ4n) is 1.95. The van der Waals surface area contributed by atoms with Crippen molar-refractivity contribution in [2.45, 2.75) is 39.7 Å². The van der Waals surface area contributed by atoms with Crippen molar-refractivity contribution in [3.8, 4) is 11.5 Å². The van der Waals surface area contributed by atoms with E-state index in [1.165, 1.54) is 6.07 Å². The molecule has 6 nitrogen and oxygen atoms in total. The Morgan fingerprint density at radius 3 is 2.85 bits per heavy atom. The number of aryl methyl sites for hydroxylation is 1. The molecule has 0 saturated heterocycles. The zero-order chi connectivity index (χ0) is 14.5. The second kappa shape index (κ2) is 6.47. The summed E-state index contributed by atoms with van der Waals surface area (Å²) in [5.41, 5.74) is 1.08. The predicted molar refractivity (Wildman–Crippen MR) is 76.4 cm³/mol. The molecule has 0 aliphatic heterocycles. The van der Waals surface area contributed by atoms with Gasteiger partial charge in [0.1, 0.15) is 5.56 Å². The van der Waals surface area contributed by atoms with Crippen LogP contribution in [0.25, 0.3) is 11.5 Å². The Kier molecular flexibility index (Phi) is 4.68. The van der Waals surface area contributed by atoms with Crippen LogP contribution in [-0.4, -0.2) is 21.7 Å². The summed E-state index contributed by atoms with van der Waals surface area (Å²) in [6.07, 6.45) is 3.50. The van der Waals surface area contributed by atoms with Crippen LogP contribution >= 0.6 is 0 Å². The smallest absolute Gasteiger partial charge is 0.253 e. The molecular weight excluding hydrogens is 256 g/mol. The number of rotatable bonds is 6. The molecule has 0 amide bonds. The standard InChI is InChI=1S/C14H20N4O2/c1-4-6-15-11(5-2)14-18-17-13(20-14)10-8-16-9(3)7-12(10)19/h7-8,11,15H,4-6H2,1-3H3,(H,16,19). The average molecular weight is 276 g/mol. The minimum atomic E-state index is -0.119. The molecule has 0 radical (unpaired) electrons. The topological polar surface area (TPSA) is 83.8 Å². The number of aromatic amines is 1. The molecule has 20 heavy (non-hydrogen) atoms. The molecule has 2 N–H and O–H groups in total. The Bertz CT molecular complexity index is 618. The molecule has 1 unspecified atom stereocenters. The number of hydrogen-bond acceptors (Lipinski definition) is 5. The van der Waals surface area contributed by atoms with Crippen LogP contribution in [0.3, 0.4) is 0 Å². The second-order valence-corrected chi connectivity index (χ2v) is 4.75. The van der Waals surface area contributed by atoms with E-state index < -0.39 is 0 Å². The Labute approximate surface area is 117 Å². The fourth-order valence-corrected chi connectivity index (χ4v) is 1.95. The monoisotopic (exact) mass is 276 g/mol. The van der Waals surface area contributed by atoms with Crippen LogP contribution < -0.4 is 10.7 Å². The van der Waals surface area contributed by atoms with Gasteiger partial charge in [-0.1, -0.05) is 13.8 Å². The Hall–Kier alpha value is -1.95. The molecule has 0 aliphatic carbocycles. The first-order valence-electron chi connectivity index (χ1n) is 6.92. The molecule has 2 aromatic rings. The van der Waals surface area contributed by atoms with Crippen molar-refractivity contribution in [1.82, 2.24) is 20.5 Å². The van der Waals surface area contributed by atoms with Crippen molar-refractivity contribution in [3.05, 3.63) is 34.1 Å². The highest BCUT2D eigenvalue weighted by Crippen LogP contribution is 2.19. The van der Waals surface area contributed by atoms with Crippen LogP contribution in [0.15, 0.2) is 21.5 Å². The molecule has 0 aliphatic rings. The van der Waals surface area contributed by atoms with Crippen molar-refractivity contribution < 1.29 is 4.42 Å². The molecule has 0 bridgehead atoms. The quantitative estimate of drug-likeness (QED) is 0.845. The summed E-state index contributed by atoms with van der Waals surface area (Å²) < 4.78 is 5.64. The highest BCUT2D eigenvalue weighted by atomic mass is 16.4. The van der Waals surface area contributed by atoms with Gasteiger partial charge in [0.15, 0.2) is 5.43 Å². The summed E-state index contributed by atoms with van der Waals surface area (Å²) in [7, 11) is 0. The van der Waals surface area contributed by atoms with Crippen LogP contribution in [0.4, 0.5) is 0 Å². The molecule has 108 valence electrons. The number of hydrogen-bond donors (Lipinski definition) is 2. The van der Waals surface area contributed by atoms with E-state index in [1.807, 2.05) is 6.92 Å². The van der Waals surface area contributed by atoms with Crippen molar-refractivity contribution in [1.29, 1.82) is 0 Å². The molecule has 0 spiro atoms. The maximum absolute atomic E-state index is 11.9. The summed E-state index contributed by atoms with van der Waals surface area (Å²) in [6.45, 7) is 6.87. The van der Waals surface area contributed by atoms with Gasteiger partial charge < -0.3 is 14.7 Å². The lowest BCUT2D eigenvalue weighted by atomic mass is 10.2. The highest BCUT2D eigenvalue weighted by Gasteiger charge is 2.18. The van der Waals surface area contributed by atoms with Crippen molar-refractivity contribution in [2.24, 2.45) is 0 Å². The van der Waals surface area contributed by atoms with E-state index in [-0.39, 0.29) is 17.4 Å². The number of pyridine rings is 1. The van der Waals surface area contributed by atoms with Crippen molar-refractivity contribution in [3.63, 3.8) is 0 Å². The maximum atomic E-state index is 11.9. The third-order valence-electron chi connectivity index (χ3n) is 3.08. The van der Waals surface area contributed by atoms with Gasteiger partial charge >= 0.3 is 0 Å². The van der Waals surface area contributed by atoms with Gasteiger partial charge in [-0.15, -0.1) is 10.2 Å². The van der Waals surface area contributed by atoms with Gasteiger partial charge in [-0.25, -0.2) is 0 Å². The van der Waals surface area contributed by atoms with Gasteiger partial charge in [-0.3, -0.25) is 4.79 Å². The first-order valence-corrected chi connectivity index (χ1v) is 6.92. The number of nitrogens with one attached hydrogen (secondary N) is 2. The Balaban J connectivity index is 2.25. The average Bonchev–Trinajstić information content (AvgIpc) is 2.89. The zero-order valence-corrected chi connectivity index (χ0v) is 12.1. The van der Waals surface area contributed by atoms with E-state index in [1.54, 1.807) is 6.20 Å². The van der Waals surface area contributed by atoms with Crippen LogP contribution in [0.1, 0.15) is 44.3 Å². The lowest BCUT2D eigenvalue weighted by molar-refractivity contribution is 0.396. The third-order valence-corrected chi connectivity index (χ3v) is 3.08. The van der Waals surface area contributed by atoms with Gasteiger partial charge in [0.25, 0.3) is 5.89 Å². The van der Waals surface area contributed by atoms with E-state index in [4.69, 9.17) is 4.42 Å². The van der Waals surface area contributed by atoms with Gasteiger partial charge in [0.2, 0.25) is 5.89 Å². The third kappa shape index (κ3) is 3.14. The minimum absolute atomic E-state index is 0.0285. The molecule has 2 aromatic heterocycles. The molecule has 2 rings (SSSR count).